The zero-order valence-electron chi connectivity index (χ0n) is 12.2. The standard InChI is InChI=1S/C18H14BrNO3/c19-16-7-2-1-4-13(16)8-9-17(21)14-5-3-6-15(12-14)20-10-11-23-18(20)22/h1-9,12H,10-11H2. The number of carbonyl (C=O) groups is 2. The first kappa shape index (κ1) is 15.5. The molecule has 4 nitrogen and oxygen atoms in total. The highest BCUT2D eigenvalue weighted by Crippen LogP contribution is 2.21. The summed E-state index contributed by atoms with van der Waals surface area (Å²) in [5, 5.41) is 0. The minimum atomic E-state index is -0.377. The molecule has 0 aliphatic carbocycles. The summed E-state index contributed by atoms with van der Waals surface area (Å²) < 4.78 is 5.85. The molecule has 116 valence electrons. The van der Waals surface area contributed by atoms with Gasteiger partial charge in [0.25, 0.3) is 0 Å². The Bertz CT molecular complexity index is 785. The number of nitrogens with zero attached hydrogens (tertiary/aromatic N) is 1. The Balaban J connectivity index is 1.80. The molecule has 23 heavy (non-hydrogen) atoms. The van der Waals surface area contributed by atoms with E-state index < -0.39 is 0 Å². The van der Waals surface area contributed by atoms with E-state index in [4.69, 9.17) is 4.74 Å². The Morgan fingerprint density at radius 3 is 2.74 bits per heavy atom. The van der Waals surface area contributed by atoms with Crippen molar-refractivity contribution in [3.05, 3.63) is 70.2 Å². The number of benzene rings is 2. The second kappa shape index (κ2) is 6.79. The Kier molecular flexibility index (Phi) is 4.57. The maximum atomic E-state index is 12.3. The van der Waals surface area contributed by atoms with Crippen molar-refractivity contribution in [3.8, 4) is 0 Å². The molecule has 0 aromatic heterocycles. The fraction of sp³-hybridized carbons (Fsp3) is 0.111. The minimum Gasteiger partial charge on any atom is -0.447 e. The molecule has 3 rings (SSSR count). The van der Waals surface area contributed by atoms with Gasteiger partial charge in [0.05, 0.1) is 6.54 Å². The minimum absolute atomic E-state index is 0.116. The number of hydrogen-bond donors (Lipinski definition) is 0. The van der Waals surface area contributed by atoms with Gasteiger partial charge in [-0.15, -0.1) is 0 Å². The maximum Gasteiger partial charge on any atom is 0.414 e. The SMILES string of the molecule is O=C(C=Cc1ccccc1Br)c1cccc(N2CCOC2=O)c1. The largest absolute Gasteiger partial charge is 0.447 e. The molecule has 2 aromatic rings. The van der Waals surface area contributed by atoms with Crippen molar-refractivity contribution in [1.82, 2.24) is 0 Å². The van der Waals surface area contributed by atoms with Gasteiger partial charge in [-0.1, -0.05) is 46.3 Å². The molecule has 0 bridgehead atoms. The Labute approximate surface area is 142 Å². The topological polar surface area (TPSA) is 46.6 Å². The number of halogens is 1. The maximum absolute atomic E-state index is 12.3. The lowest BCUT2D eigenvalue weighted by Gasteiger charge is -2.13. The van der Waals surface area contributed by atoms with Crippen molar-refractivity contribution < 1.29 is 14.3 Å². The summed E-state index contributed by atoms with van der Waals surface area (Å²) >= 11 is 3.44. The third kappa shape index (κ3) is 3.51. The third-order valence-electron chi connectivity index (χ3n) is 3.52. The second-order valence-corrected chi connectivity index (χ2v) is 5.89. The summed E-state index contributed by atoms with van der Waals surface area (Å²) in [5.74, 6) is -0.116. The van der Waals surface area contributed by atoms with Crippen molar-refractivity contribution in [2.24, 2.45) is 0 Å². The molecule has 2 aromatic carbocycles. The van der Waals surface area contributed by atoms with E-state index in [0.29, 0.717) is 24.4 Å². The number of ketones is 1. The van der Waals surface area contributed by atoms with Crippen molar-refractivity contribution >= 4 is 39.6 Å². The lowest BCUT2D eigenvalue weighted by Crippen LogP contribution is -2.23. The molecule has 1 heterocycles. The van der Waals surface area contributed by atoms with Gasteiger partial charge in [-0.25, -0.2) is 4.79 Å². The molecule has 1 saturated heterocycles. The van der Waals surface area contributed by atoms with Crippen LogP contribution in [0.15, 0.2) is 59.1 Å². The van der Waals surface area contributed by atoms with Crippen LogP contribution < -0.4 is 4.90 Å². The summed E-state index contributed by atoms with van der Waals surface area (Å²) in [6, 6.07) is 14.7. The van der Waals surface area contributed by atoms with E-state index >= 15 is 0 Å². The van der Waals surface area contributed by atoms with Gasteiger partial charge in [0.1, 0.15) is 6.61 Å². The van der Waals surface area contributed by atoms with Crippen molar-refractivity contribution in [3.63, 3.8) is 0 Å². The van der Waals surface area contributed by atoms with Gasteiger partial charge in [0.2, 0.25) is 0 Å². The van der Waals surface area contributed by atoms with Crippen LogP contribution in [0.3, 0.4) is 0 Å². The monoisotopic (exact) mass is 371 g/mol. The van der Waals surface area contributed by atoms with Gasteiger partial charge in [0.15, 0.2) is 5.78 Å². The van der Waals surface area contributed by atoms with Crippen LogP contribution >= 0.6 is 15.9 Å². The Morgan fingerprint density at radius 1 is 1.17 bits per heavy atom. The molecule has 1 fully saturated rings. The summed E-state index contributed by atoms with van der Waals surface area (Å²) in [7, 11) is 0. The highest BCUT2D eigenvalue weighted by molar-refractivity contribution is 9.10. The van der Waals surface area contributed by atoms with Gasteiger partial charge < -0.3 is 4.74 Å². The third-order valence-corrected chi connectivity index (χ3v) is 4.24. The predicted octanol–water partition coefficient (Wildman–Crippen LogP) is 4.30. The van der Waals surface area contributed by atoms with E-state index in [2.05, 4.69) is 15.9 Å². The van der Waals surface area contributed by atoms with E-state index in [1.807, 2.05) is 24.3 Å². The van der Waals surface area contributed by atoms with Gasteiger partial charge in [-0.05, 0) is 35.9 Å². The van der Waals surface area contributed by atoms with Crippen LogP contribution in [0.2, 0.25) is 0 Å². The van der Waals surface area contributed by atoms with Crippen LogP contribution in [0.1, 0.15) is 15.9 Å². The molecule has 0 radical (unpaired) electrons. The van der Waals surface area contributed by atoms with Gasteiger partial charge >= 0.3 is 6.09 Å². The number of hydrogen-bond acceptors (Lipinski definition) is 3. The van der Waals surface area contributed by atoms with E-state index in [9.17, 15) is 9.59 Å². The average Bonchev–Trinajstić information content (AvgIpc) is 3.00. The van der Waals surface area contributed by atoms with E-state index in [1.165, 1.54) is 11.0 Å². The van der Waals surface area contributed by atoms with Crippen LogP contribution in [-0.2, 0) is 4.74 Å². The number of ether oxygens (including phenoxy) is 1. The number of allylic oxidation sites excluding steroid dienone is 1. The zero-order chi connectivity index (χ0) is 16.2. The Hall–Kier alpha value is -2.40. The van der Waals surface area contributed by atoms with E-state index in [1.54, 1.807) is 30.3 Å². The Morgan fingerprint density at radius 2 is 2.00 bits per heavy atom. The van der Waals surface area contributed by atoms with Crippen molar-refractivity contribution in [1.29, 1.82) is 0 Å². The average molecular weight is 372 g/mol. The fourth-order valence-electron chi connectivity index (χ4n) is 2.33. The zero-order valence-corrected chi connectivity index (χ0v) is 13.8. The number of carbonyl (C=O) groups excluding carboxylic acids is 2. The van der Waals surface area contributed by atoms with Crippen LogP contribution in [-0.4, -0.2) is 25.0 Å². The number of amides is 1. The van der Waals surface area contributed by atoms with Crippen molar-refractivity contribution in [2.45, 2.75) is 0 Å². The number of rotatable bonds is 4. The number of anilines is 1. The van der Waals surface area contributed by atoms with Crippen LogP contribution in [0, 0.1) is 0 Å². The highest BCUT2D eigenvalue weighted by atomic mass is 79.9. The summed E-state index contributed by atoms with van der Waals surface area (Å²) in [6.07, 6.45) is 2.92. The summed E-state index contributed by atoms with van der Waals surface area (Å²) in [4.78, 5) is 25.5. The number of cyclic esters (lactones) is 1. The first-order chi connectivity index (χ1) is 11.1. The molecule has 0 unspecified atom stereocenters. The van der Waals surface area contributed by atoms with Gasteiger partial charge in [-0.3, -0.25) is 9.69 Å². The van der Waals surface area contributed by atoms with Crippen LogP contribution in [0.25, 0.3) is 6.08 Å². The lowest BCUT2D eigenvalue weighted by molar-refractivity contribution is 0.104. The summed E-state index contributed by atoms with van der Waals surface area (Å²) in [5.41, 5.74) is 2.14. The van der Waals surface area contributed by atoms with E-state index in [0.717, 1.165) is 10.0 Å². The molecule has 0 atom stereocenters. The van der Waals surface area contributed by atoms with E-state index in [-0.39, 0.29) is 11.9 Å². The van der Waals surface area contributed by atoms with Crippen LogP contribution in [0.4, 0.5) is 10.5 Å². The van der Waals surface area contributed by atoms with Crippen LogP contribution in [0.5, 0.6) is 0 Å². The first-order valence-corrected chi connectivity index (χ1v) is 7.96. The van der Waals surface area contributed by atoms with Crippen molar-refractivity contribution in [2.75, 3.05) is 18.1 Å². The lowest BCUT2D eigenvalue weighted by atomic mass is 10.1. The molecule has 0 N–H and O–H groups in total. The highest BCUT2D eigenvalue weighted by Gasteiger charge is 2.23. The predicted molar refractivity (Wildman–Crippen MR) is 92.6 cm³/mol. The molecule has 1 aliphatic rings. The smallest absolute Gasteiger partial charge is 0.414 e. The molecule has 1 aliphatic heterocycles. The normalized spacial score (nSPS) is 14.3. The van der Waals surface area contributed by atoms with Gasteiger partial charge in [0, 0.05) is 15.7 Å². The molecule has 5 heteroatoms. The van der Waals surface area contributed by atoms with Gasteiger partial charge in [-0.2, -0.15) is 0 Å². The molecule has 0 saturated carbocycles. The summed E-state index contributed by atoms with van der Waals surface area (Å²) in [6.45, 7) is 0.877. The first-order valence-electron chi connectivity index (χ1n) is 7.16. The second-order valence-electron chi connectivity index (χ2n) is 5.04. The quantitative estimate of drug-likeness (QED) is 0.594. The molecule has 1 amide bonds. The molecular formula is C18H14BrNO3. The molecule has 0 spiro atoms. The molecular weight excluding hydrogens is 358 g/mol. The fourth-order valence-corrected chi connectivity index (χ4v) is 2.74.